The first kappa shape index (κ1) is 16.7. The van der Waals surface area contributed by atoms with Crippen LogP contribution < -0.4 is 10.1 Å². The molecule has 0 aliphatic heterocycles. The number of aromatic nitrogens is 1. The van der Waals surface area contributed by atoms with Crippen LogP contribution >= 0.6 is 0 Å². The summed E-state index contributed by atoms with van der Waals surface area (Å²) in [6.45, 7) is 0.634. The van der Waals surface area contributed by atoms with E-state index in [0.29, 0.717) is 12.1 Å². The van der Waals surface area contributed by atoms with E-state index < -0.39 is 0 Å². The molecule has 2 aromatic carbocycles. The second-order valence-electron chi connectivity index (χ2n) is 7.15. The minimum absolute atomic E-state index is 0.0253. The number of hydrogen-bond donors (Lipinski definition) is 2. The summed E-state index contributed by atoms with van der Waals surface area (Å²) in [5.74, 6) is 0.888. The molecule has 0 atom stereocenters. The molecule has 0 unspecified atom stereocenters. The predicted octanol–water partition coefficient (Wildman–Crippen LogP) is 4.42. The molecule has 4 nitrogen and oxygen atoms in total. The highest BCUT2D eigenvalue weighted by Crippen LogP contribution is 2.44. The number of para-hydroxylation sites is 1. The van der Waals surface area contributed by atoms with Crippen molar-refractivity contribution >= 4 is 16.8 Å². The van der Waals surface area contributed by atoms with Crippen LogP contribution in [0, 0.1) is 0 Å². The first-order valence-electron chi connectivity index (χ1n) is 9.21. The van der Waals surface area contributed by atoms with Crippen LogP contribution in [0.5, 0.6) is 5.75 Å². The predicted molar refractivity (Wildman–Crippen MR) is 104 cm³/mol. The topological polar surface area (TPSA) is 54.1 Å². The minimum atomic E-state index is -0.0429. The van der Waals surface area contributed by atoms with Gasteiger partial charge in [0.1, 0.15) is 5.75 Å². The minimum Gasteiger partial charge on any atom is -0.496 e. The Morgan fingerprint density at radius 1 is 1.15 bits per heavy atom. The fraction of sp³-hybridized carbons (Fsp3) is 0.318. The zero-order valence-electron chi connectivity index (χ0n) is 15.0. The monoisotopic (exact) mass is 348 g/mol. The van der Waals surface area contributed by atoms with Crippen LogP contribution in [0.4, 0.5) is 0 Å². The average molecular weight is 348 g/mol. The Balaban J connectivity index is 1.56. The van der Waals surface area contributed by atoms with Crippen LogP contribution in [0.2, 0.25) is 0 Å². The molecule has 1 saturated carbocycles. The SMILES string of the molecule is COc1ccccc1C1(CNC(=O)c2ccc3cc[nH]c3c2)CCCC1. The summed E-state index contributed by atoms with van der Waals surface area (Å²) in [7, 11) is 1.71. The molecular formula is C22H24N2O2. The van der Waals surface area contributed by atoms with E-state index in [4.69, 9.17) is 4.74 Å². The normalized spacial score (nSPS) is 15.9. The van der Waals surface area contributed by atoms with Crippen molar-refractivity contribution in [2.24, 2.45) is 0 Å². The fourth-order valence-corrected chi connectivity index (χ4v) is 4.22. The maximum Gasteiger partial charge on any atom is 0.251 e. The van der Waals surface area contributed by atoms with Crippen molar-refractivity contribution in [3.63, 3.8) is 0 Å². The maximum atomic E-state index is 12.7. The Kier molecular flexibility index (Phi) is 4.41. The van der Waals surface area contributed by atoms with Crippen molar-refractivity contribution in [2.45, 2.75) is 31.1 Å². The van der Waals surface area contributed by atoms with Gasteiger partial charge in [0.05, 0.1) is 7.11 Å². The largest absolute Gasteiger partial charge is 0.496 e. The molecule has 2 N–H and O–H groups in total. The van der Waals surface area contributed by atoms with Gasteiger partial charge < -0.3 is 15.0 Å². The molecule has 0 bridgehead atoms. The molecular weight excluding hydrogens is 324 g/mol. The third-order valence-corrected chi connectivity index (χ3v) is 5.64. The molecule has 134 valence electrons. The number of aromatic amines is 1. The zero-order valence-corrected chi connectivity index (χ0v) is 15.0. The van der Waals surface area contributed by atoms with E-state index in [1.165, 1.54) is 18.4 Å². The number of fused-ring (bicyclic) bond motifs is 1. The van der Waals surface area contributed by atoms with Crippen LogP contribution in [0.1, 0.15) is 41.6 Å². The highest BCUT2D eigenvalue weighted by Gasteiger charge is 2.38. The van der Waals surface area contributed by atoms with E-state index >= 15 is 0 Å². The number of carbonyl (C=O) groups is 1. The Morgan fingerprint density at radius 2 is 1.96 bits per heavy atom. The molecule has 1 aromatic heterocycles. The maximum absolute atomic E-state index is 12.7. The molecule has 3 aromatic rings. The second-order valence-corrected chi connectivity index (χ2v) is 7.15. The van der Waals surface area contributed by atoms with Crippen molar-refractivity contribution in [1.29, 1.82) is 0 Å². The highest BCUT2D eigenvalue weighted by molar-refractivity contribution is 5.97. The first-order chi connectivity index (χ1) is 12.7. The number of benzene rings is 2. The fourth-order valence-electron chi connectivity index (χ4n) is 4.22. The van der Waals surface area contributed by atoms with E-state index in [-0.39, 0.29) is 11.3 Å². The summed E-state index contributed by atoms with van der Waals surface area (Å²) in [5.41, 5.74) is 2.84. The summed E-state index contributed by atoms with van der Waals surface area (Å²) >= 11 is 0. The van der Waals surface area contributed by atoms with Gasteiger partial charge in [-0.15, -0.1) is 0 Å². The third-order valence-electron chi connectivity index (χ3n) is 5.64. The number of methoxy groups -OCH3 is 1. The van der Waals surface area contributed by atoms with Gasteiger partial charge in [-0.1, -0.05) is 37.1 Å². The smallest absolute Gasteiger partial charge is 0.251 e. The van der Waals surface area contributed by atoms with Gasteiger partial charge in [-0.25, -0.2) is 0 Å². The Bertz CT molecular complexity index is 923. The molecule has 26 heavy (non-hydrogen) atoms. The van der Waals surface area contributed by atoms with Gasteiger partial charge in [0.25, 0.3) is 5.91 Å². The molecule has 4 heteroatoms. The number of H-pyrrole nitrogens is 1. The van der Waals surface area contributed by atoms with E-state index in [2.05, 4.69) is 22.4 Å². The zero-order chi connectivity index (χ0) is 18.0. The lowest BCUT2D eigenvalue weighted by atomic mass is 9.78. The highest BCUT2D eigenvalue weighted by atomic mass is 16.5. The van der Waals surface area contributed by atoms with E-state index in [1.54, 1.807) is 7.11 Å². The second kappa shape index (κ2) is 6.87. The molecule has 1 heterocycles. The lowest BCUT2D eigenvalue weighted by molar-refractivity contribution is 0.0943. The van der Waals surface area contributed by atoms with Crippen LogP contribution in [-0.4, -0.2) is 24.5 Å². The molecule has 1 aliphatic rings. The van der Waals surface area contributed by atoms with Crippen molar-refractivity contribution in [3.05, 3.63) is 65.9 Å². The summed E-state index contributed by atoms with van der Waals surface area (Å²) in [6, 6.07) is 16.0. The number of amides is 1. The van der Waals surface area contributed by atoms with E-state index in [0.717, 1.165) is 29.5 Å². The van der Waals surface area contributed by atoms with Crippen molar-refractivity contribution in [1.82, 2.24) is 10.3 Å². The quantitative estimate of drug-likeness (QED) is 0.717. The number of rotatable bonds is 5. The van der Waals surface area contributed by atoms with Gasteiger partial charge >= 0.3 is 0 Å². The molecule has 0 saturated heterocycles. The molecule has 1 aliphatic carbocycles. The summed E-state index contributed by atoms with van der Waals surface area (Å²) in [4.78, 5) is 15.9. The molecule has 0 radical (unpaired) electrons. The number of hydrogen-bond acceptors (Lipinski definition) is 2. The molecule has 0 spiro atoms. The summed E-state index contributed by atoms with van der Waals surface area (Å²) in [6.07, 6.45) is 6.40. The average Bonchev–Trinajstić information content (AvgIpc) is 3.35. The van der Waals surface area contributed by atoms with Gasteiger partial charge in [0, 0.05) is 34.8 Å². The van der Waals surface area contributed by atoms with Crippen molar-refractivity contribution < 1.29 is 9.53 Å². The molecule has 1 fully saturated rings. The molecule has 4 rings (SSSR count). The standard InChI is InChI=1S/C22H24N2O2/c1-26-20-7-3-2-6-18(20)22(11-4-5-12-22)15-24-21(25)17-9-8-16-10-13-23-19(16)14-17/h2-3,6-10,13-14,23H,4-5,11-12,15H2,1H3,(H,24,25). The molecule has 1 amide bonds. The van der Waals surface area contributed by atoms with Gasteiger partial charge in [-0.05, 0) is 42.5 Å². The number of ether oxygens (including phenoxy) is 1. The van der Waals surface area contributed by atoms with Crippen molar-refractivity contribution in [2.75, 3.05) is 13.7 Å². The van der Waals surface area contributed by atoms with Gasteiger partial charge in [0.2, 0.25) is 0 Å². The van der Waals surface area contributed by atoms with Crippen LogP contribution in [0.3, 0.4) is 0 Å². The van der Waals surface area contributed by atoms with Gasteiger partial charge in [-0.2, -0.15) is 0 Å². The third kappa shape index (κ3) is 2.96. The number of nitrogens with one attached hydrogen (secondary N) is 2. The summed E-state index contributed by atoms with van der Waals surface area (Å²) < 4.78 is 5.60. The van der Waals surface area contributed by atoms with Crippen LogP contribution in [0.15, 0.2) is 54.7 Å². The van der Waals surface area contributed by atoms with E-state index in [9.17, 15) is 4.79 Å². The van der Waals surface area contributed by atoms with Gasteiger partial charge in [0.15, 0.2) is 0 Å². The Labute approximate surface area is 153 Å². The van der Waals surface area contributed by atoms with Crippen LogP contribution in [-0.2, 0) is 5.41 Å². The lowest BCUT2D eigenvalue weighted by Crippen LogP contribution is -2.39. The lowest BCUT2D eigenvalue weighted by Gasteiger charge is -2.31. The van der Waals surface area contributed by atoms with Crippen LogP contribution in [0.25, 0.3) is 10.9 Å². The van der Waals surface area contributed by atoms with Gasteiger partial charge in [-0.3, -0.25) is 4.79 Å². The first-order valence-corrected chi connectivity index (χ1v) is 9.21. The van der Waals surface area contributed by atoms with E-state index in [1.807, 2.05) is 42.6 Å². The number of carbonyl (C=O) groups excluding carboxylic acids is 1. The summed E-state index contributed by atoms with van der Waals surface area (Å²) in [5, 5.41) is 4.29. The Hall–Kier alpha value is -2.75. The van der Waals surface area contributed by atoms with Crippen molar-refractivity contribution in [3.8, 4) is 5.75 Å². The Morgan fingerprint density at radius 3 is 2.77 bits per heavy atom.